The summed E-state index contributed by atoms with van der Waals surface area (Å²) >= 11 is 0. The molecule has 0 saturated heterocycles. The molecule has 0 aromatic rings. The molecule has 0 bridgehead atoms. The smallest absolute Gasteiger partial charge is 0.153 e. The van der Waals surface area contributed by atoms with Crippen LogP contribution in [-0.4, -0.2) is 32.0 Å². The Kier molecular flexibility index (Phi) is 3.81. The van der Waals surface area contributed by atoms with Crippen molar-refractivity contribution in [1.29, 1.82) is 0 Å². The fourth-order valence-electron chi connectivity index (χ4n) is 3.37. The van der Waals surface area contributed by atoms with Gasteiger partial charge in [0.2, 0.25) is 0 Å². The maximum Gasteiger partial charge on any atom is 0.153 e. The van der Waals surface area contributed by atoms with Gasteiger partial charge in [0.15, 0.2) is 9.84 Å². The molecule has 2 rings (SSSR count). The minimum atomic E-state index is -2.99. The van der Waals surface area contributed by atoms with E-state index in [1.165, 1.54) is 51.2 Å². The van der Waals surface area contributed by atoms with Crippen LogP contribution in [0, 0.1) is 5.41 Å². The summed E-state index contributed by atoms with van der Waals surface area (Å²) in [7, 11) is -2.99. The van der Waals surface area contributed by atoms with E-state index in [0.717, 1.165) is 0 Å². The second-order valence-corrected chi connectivity index (χ2v) is 9.58. The molecule has 4 heteroatoms. The molecule has 0 heterocycles. The van der Waals surface area contributed by atoms with Gasteiger partial charge in [0.25, 0.3) is 0 Å². The lowest BCUT2D eigenvalue weighted by molar-refractivity contribution is 0.0223. The SMILES string of the molecule is CC(C)(CNC1CCC12CCCCC2)S(C)(=O)=O. The van der Waals surface area contributed by atoms with E-state index in [2.05, 4.69) is 5.32 Å². The summed E-state index contributed by atoms with van der Waals surface area (Å²) < 4.78 is 22.7. The number of hydrogen-bond donors (Lipinski definition) is 1. The van der Waals surface area contributed by atoms with E-state index in [0.29, 0.717) is 18.0 Å². The van der Waals surface area contributed by atoms with Gasteiger partial charge in [-0.1, -0.05) is 19.3 Å². The van der Waals surface area contributed by atoms with E-state index in [1.54, 1.807) is 0 Å². The first-order valence-corrected chi connectivity index (χ1v) is 9.09. The number of hydrogen-bond acceptors (Lipinski definition) is 3. The van der Waals surface area contributed by atoms with Crippen molar-refractivity contribution in [3.8, 4) is 0 Å². The summed E-state index contributed by atoms with van der Waals surface area (Å²) in [6.45, 7) is 4.22. The topological polar surface area (TPSA) is 46.2 Å². The van der Waals surface area contributed by atoms with Gasteiger partial charge in [0.05, 0.1) is 4.75 Å². The summed E-state index contributed by atoms with van der Waals surface area (Å²) in [5.74, 6) is 0. The molecule has 106 valence electrons. The molecule has 0 amide bonds. The molecule has 18 heavy (non-hydrogen) atoms. The first-order valence-electron chi connectivity index (χ1n) is 7.20. The van der Waals surface area contributed by atoms with E-state index >= 15 is 0 Å². The van der Waals surface area contributed by atoms with Crippen molar-refractivity contribution in [2.75, 3.05) is 12.8 Å². The minimum absolute atomic E-state index is 0.506. The zero-order chi connectivity index (χ0) is 13.4. The van der Waals surface area contributed by atoms with E-state index in [-0.39, 0.29) is 0 Å². The predicted molar refractivity (Wildman–Crippen MR) is 75.5 cm³/mol. The second kappa shape index (κ2) is 4.78. The van der Waals surface area contributed by atoms with Gasteiger partial charge in [-0.3, -0.25) is 0 Å². The van der Waals surface area contributed by atoms with Crippen LogP contribution in [0.5, 0.6) is 0 Å². The molecule has 2 fully saturated rings. The predicted octanol–water partition coefficient (Wildman–Crippen LogP) is 2.51. The Labute approximate surface area is 112 Å². The molecule has 2 aliphatic rings. The van der Waals surface area contributed by atoms with E-state index in [4.69, 9.17) is 0 Å². The summed E-state index contributed by atoms with van der Waals surface area (Å²) in [4.78, 5) is 0. The van der Waals surface area contributed by atoms with Gasteiger partial charge in [-0.2, -0.15) is 0 Å². The fourth-order valence-corrected chi connectivity index (χ4v) is 3.72. The molecule has 1 atom stereocenters. The molecule has 3 nitrogen and oxygen atoms in total. The van der Waals surface area contributed by atoms with Gasteiger partial charge in [-0.05, 0) is 44.9 Å². The van der Waals surface area contributed by atoms with Crippen LogP contribution >= 0.6 is 0 Å². The van der Waals surface area contributed by atoms with Crippen molar-refractivity contribution >= 4 is 9.84 Å². The van der Waals surface area contributed by atoms with Crippen molar-refractivity contribution < 1.29 is 8.42 Å². The van der Waals surface area contributed by atoms with Crippen LogP contribution in [0.25, 0.3) is 0 Å². The van der Waals surface area contributed by atoms with Gasteiger partial charge < -0.3 is 5.32 Å². The Morgan fingerprint density at radius 3 is 2.22 bits per heavy atom. The lowest BCUT2D eigenvalue weighted by Crippen LogP contribution is -2.57. The Hall–Kier alpha value is -0.0900. The van der Waals surface area contributed by atoms with Crippen LogP contribution in [-0.2, 0) is 9.84 Å². The maximum atomic E-state index is 11.7. The quantitative estimate of drug-likeness (QED) is 0.856. The van der Waals surface area contributed by atoms with Gasteiger partial charge in [-0.25, -0.2) is 8.42 Å². The highest BCUT2D eigenvalue weighted by Crippen LogP contribution is 2.51. The van der Waals surface area contributed by atoms with Crippen LogP contribution in [0.15, 0.2) is 0 Å². The number of nitrogens with one attached hydrogen (secondary N) is 1. The van der Waals surface area contributed by atoms with Crippen molar-refractivity contribution in [2.45, 2.75) is 69.6 Å². The van der Waals surface area contributed by atoms with Crippen molar-refractivity contribution in [1.82, 2.24) is 5.32 Å². The van der Waals surface area contributed by atoms with Crippen LogP contribution in [0.2, 0.25) is 0 Å². The lowest BCUT2D eigenvalue weighted by atomic mass is 9.57. The third-order valence-electron chi connectivity index (χ3n) is 5.30. The molecule has 0 aromatic carbocycles. The van der Waals surface area contributed by atoms with Crippen LogP contribution in [0.3, 0.4) is 0 Å². The largest absolute Gasteiger partial charge is 0.312 e. The first-order chi connectivity index (χ1) is 8.27. The van der Waals surface area contributed by atoms with Gasteiger partial charge >= 0.3 is 0 Å². The lowest BCUT2D eigenvalue weighted by Gasteiger charge is -2.53. The third kappa shape index (κ3) is 2.60. The van der Waals surface area contributed by atoms with E-state index < -0.39 is 14.6 Å². The zero-order valence-corrected chi connectivity index (χ0v) is 12.8. The van der Waals surface area contributed by atoms with Crippen molar-refractivity contribution in [3.63, 3.8) is 0 Å². The summed E-state index contributed by atoms with van der Waals surface area (Å²) in [5.41, 5.74) is 0.506. The highest BCUT2D eigenvalue weighted by Gasteiger charge is 2.47. The van der Waals surface area contributed by atoms with Gasteiger partial charge in [0, 0.05) is 18.8 Å². The monoisotopic (exact) mass is 273 g/mol. The van der Waals surface area contributed by atoms with Gasteiger partial charge in [0.1, 0.15) is 0 Å². The normalized spacial score (nSPS) is 28.1. The molecule has 0 aliphatic heterocycles. The average Bonchev–Trinajstić information content (AvgIpc) is 2.27. The van der Waals surface area contributed by atoms with Gasteiger partial charge in [-0.15, -0.1) is 0 Å². The highest BCUT2D eigenvalue weighted by atomic mass is 32.2. The molecule has 0 aromatic heterocycles. The first kappa shape index (κ1) is 14.3. The summed E-state index contributed by atoms with van der Waals surface area (Å²) in [6, 6.07) is 0.554. The molecule has 1 N–H and O–H groups in total. The molecular weight excluding hydrogens is 246 g/mol. The van der Waals surface area contributed by atoms with E-state index in [1.807, 2.05) is 13.8 Å². The fraction of sp³-hybridized carbons (Fsp3) is 1.00. The van der Waals surface area contributed by atoms with E-state index in [9.17, 15) is 8.42 Å². The van der Waals surface area contributed by atoms with Crippen LogP contribution in [0.1, 0.15) is 58.8 Å². The number of rotatable bonds is 4. The zero-order valence-electron chi connectivity index (χ0n) is 12.0. The molecule has 2 aliphatic carbocycles. The number of sulfone groups is 1. The molecule has 1 spiro atoms. The molecule has 2 saturated carbocycles. The van der Waals surface area contributed by atoms with Crippen LogP contribution < -0.4 is 5.32 Å². The summed E-state index contributed by atoms with van der Waals surface area (Å²) in [5, 5.41) is 3.55. The molecule has 1 unspecified atom stereocenters. The summed E-state index contributed by atoms with van der Waals surface area (Å²) in [6.07, 6.45) is 10.7. The van der Waals surface area contributed by atoms with Crippen molar-refractivity contribution in [2.24, 2.45) is 5.41 Å². The van der Waals surface area contributed by atoms with Crippen molar-refractivity contribution in [3.05, 3.63) is 0 Å². The Bertz CT molecular complexity index is 394. The Morgan fingerprint density at radius 2 is 1.78 bits per heavy atom. The average molecular weight is 273 g/mol. The molecule has 0 radical (unpaired) electrons. The standard InChI is InChI=1S/C14H27NO2S/c1-13(2,18(3,16)17)11-15-12-7-10-14(12)8-5-4-6-9-14/h12,15H,4-11H2,1-3H3. The highest BCUT2D eigenvalue weighted by molar-refractivity contribution is 7.92. The second-order valence-electron chi connectivity index (χ2n) is 6.93. The minimum Gasteiger partial charge on any atom is -0.312 e. The Balaban J connectivity index is 1.91. The third-order valence-corrected chi connectivity index (χ3v) is 7.45. The molecular formula is C14H27NO2S. The maximum absolute atomic E-state index is 11.7. The Morgan fingerprint density at radius 1 is 1.17 bits per heavy atom. The van der Waals surface area contributed by atoms with Crippen LogP contribution in [0.4, 0.5) is 0 Å².